The summed E-state index contributed by atoms with van der Waals surface area (Å²) in [5.41, 5.74) is 7.57. The van der Waals surface area contributed by atoms with Gasteiger partial charge in [-0.25, -0.2) is 4.79 Å². The van der Waals surface area contributed by atoms with Crippen molar-refractivity contribution in [3.8, 4) is 0 Å². The molecule has 6 heterocycles. The molecule has 6 rings (SSSR count). The van der Waals surface area contributed by atoms with E-state index in [1.807, 2.05) is 0 Å². The van der Waals surface area contributed by atoms with Crippen molar-refractivity contribution in [1.82, 2.24) is 5.32 Å². The van der Waals surface area contributed by atoms with E-state index in [4.69, 9.17) is 52.9 Å². The minimum absolute atomic E-state index is 0.121. The number of hydrogen-bond acceptors (Lipinski definition) is 29. The topological polar surface area (TPSA) is 506 Å². The fourth-order valence-electron chi connectivity index (χ4n) is 8.02. The van der Waals surface area contributed by atoms with Gasteiger partial charge < -0.3 is 134 Å². The van der Waals surface area contributed by atoms with Gasteiger partial charge >= 0.3 is 6.09 Å². The van der Waals surface area contributed by atoms with Gasteiger partial charge in [0.2, 0.25) is 0 Å². The highest BCUT2D eigenvalue weighted by Crippen LogP contribution is 2.36. The SMILES string of the molecule is [N-]=[N+]=NCC1(CNC(=O)OC2C(O)OC(CO)[C@@H](O[C@H]3OC(CO)[C@@H](O[C@H]4OC(CO)[C@@H](O[C@H]5OC(CO)[C@@H](O[C@H]6OC(CO)[C@@H](O)[C@H](O)C6O)[C@H](O)C5O)[C@H](O)C4O)[C@H](O)C3O)[C@@H]2O)C=N1. The van der Waals surface area contributed by atoms with Gasteiger partial charge in [-0.15, -0.1) is 0 Å². The van der Waals surface area contributed by atoms with Crippen molar-refractivity contribution in [3.63, 3.8) is 0 Å². The highest BCUT2D eigenvalue weighted by molar-refractivity contribution is 5.86. The standard InChI is InChI=1S/C35H57N5O27/c36-40-39-8-35(7-38-35)6-37-34(57)67-28-23(55)27(10(2-42)58-29(28)56)66-33-22(54)18(50)26(13(5-45)62-33)65-32-21(53)17(49)25(12(4-44)61-32)64-31-20(52)16(48)24(11(3-43)60-31)63-30-19(51)15(47)14(46)9(1-41)59-30/h7,9-33,41-56H,1-6,8H2,(H,37,57)/t9?,10?,11?,12?,13?,14-,15+,16-,17-,18-,19?,20?,21?,22?,23+,24-,25-,26-,27-,28?,29?,30-,31-,32-,33-,35?/m1/s1. The predicted molar refractivity (Wildman–Crippen MR) is 204 cm³/mol. The first-order chi connectivity index (χ1) is 31.9. The average Bonchev–Trinajstić information content (AvgIpc) is 4.10. The van der Waals surface area contributed by atoms with Crippen LogP contribution in [0.2, 0.25) is 0 Å². The van der Waals surface area contributed by atoms with Gasteiger partial charge in [0.1, 0.15) is 122 Å². The lowest BCUT2D eigenvalue weighted by Gasteiger charge is -2.49. The third-order valence-corrected chi connectivity index (χ3v) is 12.0. The molecule has 0 aliphatic carbocycles. The Morgan fingerprint density at radius 2 is 0.896 bits per heavy atom. The molecule has 67 heavy (non-hydrogen) atoms. The van der Waals surface area contributed by atoms with E-state index in [1.165, 1.54) is 6.21 Å². The van der Waals surface area contributed by atoms with Crippen LogP contribution >= 0.6 is 0 Å². The van der Waals surface area contributed by atoms with Crippen LogP contribution in [0.3, 0.4) is 0 Å². The van der Waals surface area contributed by atoms with Crippen LogP contribution in [0.4, 0.5) is 4.79 Å². The van der Waals surface area contributed by atoms with E-state index in [-0.39, 0.29) is 13.1 Å². The van der Waals surface area contributed by atoms with Crippen LogP contribution in [0.5, 0.6) is 0 Å². The number of nitrogens with zero attached hydrogens (tertiary/aromatic N) is 4. The van der Waals surface area contributed by atoms with Crippen LogP contribution in [0.15, 0.2) is 10.1 Å². The molecule has 26 atom stereocenters. The fourth-order valence-corrected chi connectivity index (χ4v) is 8.02. The van der Waals surface area contributed by atoms with Crippen LogP contribution < -0.4 is 5.32 Å². The van der Waals surface area contributed by atoms with Crippen molar-refractivity contribution >= 4 is 12.3 Å². The summed E-state index contributed by atoms with van der Waals surface area (Å²) in [6, 6.07) is 0. The number of ether oxygens (including phenoxy) is 10. The predicted octanol–water partition coefficient (Wildman–Crippen LogP) is -11.1. The second-order valence-corrected chi connectivity index (χ2v) is 16.4. The number of alkyl carbamates (subject to hydrolysis) is 1. The van der Waals surface area contributed by atoms with Gasteiger partial charge in [0.25, 0.3) is 0 Å². The van der Waals surface area contributed by atoms with Crippen LogP contribution in [0.1, 0.15) is 0 Å². The number of amides is 1. The van der Waals surface area contributed by atoms with E-state index < -0.39 is 198 Å². The summed E-state index contributed by atoms with van der Waals surface area (Å²) in [5.74, 6) is 0. The molecule has 5 fully saturated rings. The number of aliphatic hydroxyl groups excluding tert-OH is 16. The first-order valence-electron chi connectivity index (χ1n) is 20.8. The van der Waals surface area contributed by atoms with Crippen molar-refractivity contribution < 1.29 is 134 Å². The van der Waals surface area contributed by atoms with Crippen LogP contribution in [0.25, 0.3) is 10.4 Å². The Kier molecular flexibility index (Phi) is 18.4. The van der Waals surface area contributed by atoms with Crippen molar-refractivity contribution in [2.75, 3.05) is 46.1 Å². The number of carbonyl (C=O) groups is 1. The minimum Gasteiger partial charge on any atom is -0.438 e. The summed E-state index contributed by atoms with van der Waals surface area (Å²) in [6.07, 6.45) is -47.0. The molecule has 1 amide bonds. The Morgan fingerprint density at radius 1 is 0.537 bits per heavy atom. The third-order valence-electron chi connectivity index (χ3n) is 12.0. The maximum atomic E-state index is 12.6. The lowest BCUT2D eigenvalue weighted by atomic mass is 9.95. The van der Waals surface area contributed by atoms with Gasteiger partial charge in [0, 0.05) is 11.1 Å². The molecule has 0 spiro atoms. The van der Waals surface area contributed by atoms with Gasteiger partial charge in [0.05, 0.1) is 46.1 Å². The number of rotatable bonds is 18. The highest BCUT2D eigenvalue weighted by atomic mass is 16.8. The average molecular weight is 980 g/mol. The third kappa shape index (κ3) is 11.6. The first kappa shape index (κ1) is 53.6. The van der Waals surface area contributed by atoms with Crippen LogP contribution in [-0.4, -0.2) is 299 Å². The fraction of sp³-hybridized carbons (Fsp3) is 0.943. The Labute approximate surface area is 377 Å². The quantitative estimate of drug-likeness (QED) is 0.0344. The summed E-state index contributed by atoms with van der Waals surface area (Å²) < 4.78 is 55.0. The van der Waals surface area contributed by atoms with Gasteiger partial charge in [0.15, 0.2) is 37.6 Å². The van der Waals surface area contributed by atoms with E-state index in [2.05, 4.69) is 20.3 Å². The summed E-state index contributed by atoms with van der Waals surface area (Å²) in [4.78, 5) is 19.1. The molecule has 0 saturated carbocycles. The largest absolute Gasteiger partial charge is 0.438 e. The van der Waals surface area contributed by atoms with E-state index in [9.17, 15) is 86.5 Å². The highest BCUT2D eigenvalue weighted by Gasteiger charge is 2.57. The molecule has 32 heteroatoms. The maximum Gasteiger partial charge on any atom is 0.407 e. The zero-order valence-electron chi connectivity index (χ0n) is 34.9. The van der Waals surface area contributed by atoms with E-state index in [0.717, 1.165) is 0 Å². The van der Waals surface area contributed by atoms with Crippen molar-refractivity contribution in [2.45, 2.75) is 159 Å². The second-order valence-electron chi connectivity index (χ2n) is 16.4. The number of azide groups is 1. The molecule has 6 aliphatic rings. The number of nitrogens with one attached hydrogen (secondary N) is 1. The second kappa shape index (κ2) is 23.0. The molecule has 32 nitrogen and oxygen atoms in total. The zero-order valence-corrected chi connectivity index (χ0v) is 34.9. The number of aliphatic hydroxyl groups is 16. The normalized spacial score (nSPS) is 48.9. The molecule has 17 N–H and O–H groups in total. The molecule has 0 aromatic carbocycles. The molecule has 5 saturated heterocycles. The summed E-state index contributed by atoms with van der Waals surface area (Å²) in [5, 5.41) is 175. The van der Waals surface area contributed by atoms with Crippen molar-refractivity contribution in [3.05, 3.63) is 10.4 Å². The van der Waals surface area contributed by atoms with Crippen molar-refractivity contribution in [1.29, 1.82) is 0 Å². The Morgan fingerprint density at radius 3 is 1.27 bits per heavy atom. The van der Waals surface area contributed by atoms with Crippen LogP contribution in [0, 0.1) is 0 Å². The summed E-state index contributed by atoms with van der Waals surface area (Å²) in [7, 11) is 0. The zero-order chi connectivity index (χ0) is 49.1. The minimum atomic E-state index is -2.17. The molecule has 0 aromatic rings. The summed E-state index contributed by atoms with van der Waals surface area (Å²) >= 11 is 0. The van der Waals surface area contributed by atoms with Crippen LogP contribution in [-0.2, 0) is 47.4 Å². The number of hydrogen-bond donors (Lipinski definition) is 17. The molecule has 0 aromatic heterocycles. The first-order valence-corrected chi connectivity index (χ1v) is 20.8. The van der Waals surface area contributed by atoms with E-state index in [0.29, 0.717) is 0 Å². The molecule has 6 aliphatic heterocycles. The molecule has 0 bridgehead atoms. The lowest BCUT2D eigenvalue weighted by Crippen LogP contribution is -2.68. The molecule has 0 radical (unpaired) electrons. The Balaban J connectivity index is 1.06. The Bertz CT molecular complexity index is 1680. The number of aliphatic imine (C=N–C) groups is 1. The van der Waals surface area contributed by atoms with Gasteiger partial charge in [-0.2, -0.15) is 0 Å². The molecule has 384 valence electrons. The van der Waals surface area contributed by atoms with Crippen molar-refractivity contribution in [2.24, 2.45) is 10.1 Å². The van der Waals surface area contributed by atoms with E-state index in [1.54, 1.807) is 0 Å². The Hall–Kier alpha value is -2.75. The number of carbonyl (C=O) groups excluding carboxylic acids is 1. The van der Waals surface area contributed by atoms with E-state index >= 15 is 0 Å². The molecular weight excluding hydrogens is 922 g/mol. The summed E-state index contributed by atoms with van der Waals surface area (Å²) in [6.45, 7) is -5.05. The smallest absolute Gasteiger partial charge is 0.407 e. The lowest BCUT2D eigenvalue weighted by molar-refractivity contribution is -0.392. The van der Waals surface area contributed by atoms with Gasteiger partial charge in [-0.3, -0.25) is 4.99 Å². The monoisotopic (exact) mass is 979 g/mol. The maximum absolute atomic E-state index is 12.6. The van der Waals surface area contributed by atoms with Gasteiger partial charge in [-0.1, -0.05) is 5.11 Å². The van der Waals surface area contributed by atoms with Gasteiger partial charge in [-0.05, 0) is 5.53 Å². The molecular formula is C35H57N5O27. The molecule has 12 unspecified atom stereocenters.